The third-order valence-electron chi connectivity index (χ3n) is 4.62. The molecule has 126 valence electrons. The van der Waals surface area contributed by atoms with E-state index in [1.54, 1.807) is 6.20 Å². The summed E-state index contributed by atoms with van der Waals surface area (Å²) < 4.78 is 11.0. The Morgan fingerprint density at radius 2 is 2.00 bits per heavy atom. The van der Waals surface area contributed by atoms with Crippen molar-refractivity contribution >= 4 is 11.7 Å². The van der Waals surface area contributed by atoms with E-state index in [-0.39, 0.29) is 12.1 Å². The number of nitrogens with one attached hydrogen (secondary N) is 2. The minimum atomic E-state index is -0.166. The zero-order valence-corrected chi connectivity index (χ0v) is 13.4. The van der Waals surface area contributed by atoms with Gasteiger partial charge in [-0.25, -0.2) is 9.78 Å². The highest BCUT2D eigenvalue weighted by atomic mass is 16.5. The number of hydrogen-bond acceptors (Lipinski definition) is 4. The third-order valence-corrected chi connectivity index (χ3v) is 4.62. The Balaban J connectivity index is 1.30. The van der Waals surface area contributed by atoms with Crippen molar-refractivity contribution in [2.24, 2.45) is 5.92 Å². The number of urea groups is 1. The maximum absolute atomic E-state index is 12.2. The van der Waals surface area contributed by atoms with E-state index in [9.17, 15) is 4.79 Å². The molecule has 0 bridgehead atoms. The monoisotopic (exact) mass is 327 g/mol. The average Bonchev–Trinajstić information content (AvgIpc) is 3.31. The molecule has 0 radical (unpaired) electrons. The summed E-state index contributed by atoms with van der Waals surface area (Å²) >= 11 is 0. The second kappa shape index (κ2) is 6.65. The van der Waals surface area contributed by atoms with Crippen LogP contribution in [0, 0.1) is 5.92 Å². The van der Waals surface area contributed by atoms with Crippen LogP contribution in [0.25, 0.3) is 11.5 Å². The van der Waals surface area contributed by atoms with Crippen LogP contribution in [0.5, 0.6) is 0 Å². The summed E-state index contributed by atoms with van der Waals surface area (Å²) in [5, 5.41) is 5.94. The highest BCUT2D eigenvalue weighted by molar-refractivity contribution is 5.89. The predicted octanol–water partition coefficient (Wildman–Crippen LogP) is 3.42. The van der Waals surface area contributed by atoms with Crippen LogP contribution in [0.2, 0.25) is 0 Å². The number of hydrogen-bond donors (Lipinski definition) is 2. The van der Waals surface area contributed by atoms with Gasteiger partial charge in [0.2, 0.25) is 5.89 Å². The summed E-state index contributed by atoms with van der Waals surface area (Å²) in [6.45, 7) is 0.733. The average molecular weight is 327 g/mol. The zero-order valence-electron chi connectivity index (χ0n) is 13.4. The molecule has 4 rings (SSSR count). The van der Waals surface area contributed by atoms with Crippen LogP contribution < -0.4 is 10.6 Å². The van der Waals surface area contributed by atoms with Crippen molar-refractivity contribution in [3.05, 3.63) is 36.7 Å². The molecule has 2 heterocycles. The molecule has 6 nitrogen and oxygen atoms in total. The van der Waals surface area contributed by atoms with E-state index in [0.717, 1.165) is 30.7 Å². The molecule has 1 aromatic carbocycles. The molecule has 2 atom stereocenters. The molecule has 2 aliphatic rings. The maximum atomic E-state index is 12.2. The maximum Gasteiger partial charge on any atom is 0.319 e. The lowest BCUT2D eigenvalue weighted by Crippen LogP contribution is -2.44. The van der Waals surface area contributed by atoms with Gasteiger partial charge in [-0.3, -0.25) is 0 Å². The lowest BCUT2D eigenvalue weighted by Gasteiger charge is -2.30. The van der Waals surface area contributed by atoms with Gasteiger partial charge in [-0.2, -0.15) is 0 Å². The minimum absolute atomic E-state index is 0.166. The van der Waals surface area contributed by atoms with Gasteiger partial charge in [0.05, 0.1) is 12.3 Å². The number of carbonyl (C=O) groups is 1. The van der Waals surface area contributed by atoms with Crippen LogP contribution in [0.1, 0.15) is 25.7 Å². The van der Waals surface area contributed by atoms with Crippen LogP contribution in [0.15, 0.2) is 41.1 Å². The molecule has 0 unspecified atom stereocenters. The number of nitrogens with zero attached hydrogens (tertiary/aromatic N) is 1. The number of ether oxygens (including phenoxy) is 1. The fourth-order valence-electron chi connectivity index (χ4n) is 3.17. The van der Waals surface area contributed by atoms with Crippen LogP contribution in [0.3, 0.4) is 0 Å². The van der Waals surface area contributed by atoms with Crippen LogP contribution >= 0.6 is 0 Å². The Morgan fingerprint density at radius 1 is 1.17 bits per heavy atom. The van der Waals surface area contributed by atoms with Gasteiger partial charge in [-0.15, -0.1) is 0 Å². The predicted molar refractivity (Wildman–Crippen MR) is 89.6 cm³/mol. The van der Waals surface area contributed by atoms with Crippen LogP contribution in [-0.2, 0) is 4.74 Å². The molecule has 1 saturated carbocycles. The van der Waals surface area contributed by atoms with Crippen molar-refractivity contribution in [2.45, 2.75) is 37.8 Å². The lowest BCUT2D eigenvalue weighted by molar-refractivity contribution is -0.00889. The quantitative estimate of drug-likeness (QED) is 0.902. The molecule has 6 heteroatoms. The van der Waals surface area contributed by atoms with Crippen molar-refractivity contribution in [2.75, 3.05) is 11.9 Å². The third kappa shape index (κ3) is 3.59. The van der Waals surface area contributed by atoms with E-state index in [2.05, 4.69) is 15.6 Å². The highest BCUT2D eigenvalue weighted by Gasteiger charge is 2.36. The van der Waals surface area contributed by atoms with E-state index in [1.165, 1.54) is 19.1 Å². The summed E-state index contributed by atoms with van der Waals surface area (Å²) in [7, 11) is 0. The molecule has 24 heavy (non-hydrogen) atoms. The highest BCUT2D eigenvalue weighted by Crippen LogP contribution is 2.38. The molecule has 1 aromatic heterocycles. The smallest absolute Gasteiger partial charge is 0.319 e. The number of oxazole rings is 1. The summed E-state index contributed by atoms with van der Waals surface area (Å²) in [5.74, 6) is 1.28. The molecule has 2 N–H and O–H groups in total. The Labute approximate surface area is 140 Å². The molecule has 1 aliphatic heterocycles. The van der Waals surface area contributed by atoms with E-state index in [4.69, 9.17) is 9.15 Å². The largest absolute Gasteiger partial charge is 0.445 e. The number of rotatable bonds is 4. The zero-order chi connectivity index (χ0) is 16.4. The number of carbonyl (C=O) groups excluding carboxylic acids is 1. The van der Waals surface area contributed by atoms with Gasteiger partial charge in [0, 0.05) is 23.9 Å². The first kappa shape index (κ1) is 15.2. The molecule has 0 spiro atoms. The fourth-order valence-corrected chi connectivity index (χ4v) is 3.17. The second-order valence-corrected chi connectivity index (χ2v) is 6.48. The van der Waals surface area contributed by atoms with Gasteiger partial charge in [0.25, 0.3) is 0 Å². The molecule has 1 saturated heterocycles. The topological polar surface area (TPSA) is 76.4 Å². The molecule has 1 aliphatic carbocycles. The Hall–Kier alpha value is -2.34. The van der Waals surface area contributed by atoms with E-state index < -0.39 is 0 Å². The van der Waals surface area contributed by atoms with Gasteiger partial charge < -0.3 is 19.8 Å². The summed E-state index contributed by atoms with van der Waals surface area (Å²) in [6.07, 6.45) is 7.79. The SMILES string of the molecule is O=C(Nc1ccc(-c2ncco2)cc1)N[C@H]1CCO[C@@H](C2CC2)C1. The Morgan fingerprint density at radius 3 is 2.71 bits per heavy atom. The van der Waals surface area contributed by atoms with Gasteiger partial charge in [0.1, 0.15) is 6.26 Å². The number of anilines is 1. The Bertz CT molecular complexity index is 680. The first-order valence-electron chi connectivity index (χ1n) is 8.47. The van der Waals surface area contributed by atoms with Gasteiger partial charge in [-0.1, -0.05) is 0 Å². The van der Waals surface area contributed by atoms with Crippen molar-refractivity contribution in [1.82, 2.24) is 10.3 Å². The first-order valence-corrected chi connectivity index (χ1v) is 8.47. The van der Waals surface area contributed by atoms with E-state index >= 15 is 0 Å². The van der Waals surface area contributed by atoms with Gasteiger partial charge >= 0.3 is 6.03 Å². The summed E-state index contributed by atoms with van der Waals surface area (Å²) in [4.78, 5) is 16.3. The second-order valence-electron chi connectivity index (χ2n) is 6.48. The van der Waals surface area contributed by atoms with E-state index in [0.29, 0.717) is 17.9 Å². The van der Waals surface area contributed by atoms with Crippen molar-refractivity contribution in [1.29, 1.82) is 0 Å². The molecular weight excluding hydrogens is 306 g/mol. The summed E-state index contributed by atoms with van der Waals surface area (Å²) in [5.41, 5.74) is 1.62. The molecule has 2 amide bonds. The molecule has 2 fully saturated rings. The number of aromatic nitrogens is 1. The number of amides is 2. The minimum Gasteiger partial charge on any atom is -0.445 e. The standard InChI is InChI=1S/C18H21N3O3/c22-18(21-15-7-9-23-16(11-15)12-1-2-12)20-14-5-3-13(4-6-14)17-19-8-10-24-17/h3-6,8,10,12,15-16H,1-2,7,9,11H2,(H2,20,21,22)/t15-,16+/m0/s1. The van der Waals surface area contributed by atoms with Crippen molar-refractivity contribution in [3.63, 3.8) is 0 Å². The van der Waals surface area contributed by atoms with E-state index in [1.807, 2.05) is 24.3 Å². The van der Waals surface area contributed by atoms with Crippen LogP contribution in [0.4, 0.5) is 10.5 Å². The van der Waals surface area contributed by atoms with Gasteiger partial charge in [-0.05, 0) is 55.9 Å². The Kier molecular flexibility index (Phi) is 4.21. The van der Waals surface area contributed by atoms with Crippen molar-refractivity contribution < 1.29 is 13.9 Å². The fraction of sp³-hybridized carbons (Fsp3) is 0.444. The number of benzene rings is 1. The summed E-state index contributed by atoms with van der Waals surface area (Å²) in [6, 6.07) is 7.46. The normalized spacial score (nSPS) is 23.7. The van der Waals surface area contributed by atoms with Crippen molar-refractivity contribution in [3.8, 4) is 11.5 Å². The molecule has 2 aromatic rings. The lowest BCUT2D eigenvalue weighted by atomic mass is 10.0. The van der Waals surface area contributed by atoms with Crippen LogP contribution in [-0.4, -0.2) is 29.8 Å². The first-order chi connectivity index (χ1) is 11.8. The van der Waals surface area contributed by atoms with Gasteiger partial charge in [0.15, 0.2) is 0 Å². The molecular formula is C18H21N3O3.